The van der Waals surface area contributed by atoms with Crippen molar-refractivity contribution >= 4 is 0 Å². The van der Waals surface area contributed by atoms with E-state index < -0.39 is 0 Å². The number of likely N-dealkylation sites (tertiary alicyclic amines) is 1. The third-order valence-electron chi connectivity index (χ3n) is 4.04. The minimum atomic E-state index is -0.0735. The quantitative estimate of drug-likeness (QED) is 0.899. The summed E-state index contributed by atoms with van der Waals surface area (Å²) in [4.78, 5) is 2.50. The molecule has 1 unspecified atom stereocenters. The number of hydrogen-bond donors (Lipinski definition) is 1. The third kappa shape index (κ3) is 3.54. The van der Waals surface area contributed by atoms with Crippen molar-refractivity contribution in [1.82, 2.24) is 10.2 Å². The molecule has 3 heteroatoms. The Bertz CT molecular complexity index is 419. The molecule has 1 saturated heterocycles. The van der Waals surface area contributed by atoms with Crippen LogP contribution in [0.2, 0.25) is 0 Å². The summed E-state index contributed by atoms with van der Waals surface area (Å²) >= 11 is 0. The molecule has 1 heterocycles. The van der Waals surface area contributed by atoms with E-state index in [1.54, 1.807) is 0 Å². The molecule has 2 rings (SSSR count). The van der Waals surface area contributed by atoms with Gasteiger partial charge in [-0.05, 0) is 57.4 Å². The van der Waals surface area contributed by atoms with E-state index in [2.05, 4.69) is 24.1 Å². The second-order valence-corrected chi connectivity index (χ2v) is 6.00. The number of nitrogens with one attached hydrogen (secondary N) is 1. The first-order valence-corrected chi connectivity index (χ1v) is 7.20. The normalized spacial score (nSPS) is 20.4. The molecule has 106 valence electrons. The third-order valence-corrected chi connectivity index (χ3v) is 4.04. The molecule has 0 aromatic heterocycles. The Hall–Kier alpha value is -0.930. The molecule has 1 aliphatic rings. The van der Waals surface area contributed by atoms with E-state index in [1.807, 2.05) is 26.0 Å². The molecule has 0 amide bonds. The van der Waals surface area contributed by atoms with Gasteiger partial charge in [0.2, 0.25) is 0 Å². The summed E-state index contributed by atoms with van der Waals surface area (Å²) in [7, 11) is 0. The maximum Gasteiger partial charge on any atom is 0.129 e. The van der Waals surface area contributed by atoms with E-state index >= 15 is 0 Å². The molecule has 19 heavy (non-hydrogen) atoms. The molecular formula is C16H25FN2. The van der Waals surface area contributed by atoms with Crippen molar-refractivity contribution in [2.24, 2.45) is 0 Å². The predicted molar refractivity (Wildman–Crippen MR) is 77.8 cm³/mol. The van der Waals surface area contributed by atoms with Crippen LogP contribution in [0.15, 0.2) is 12.1 Å². The number of aryl methyl sites for hydroxylation is 2. The molecule has 0 radical (unpaired) electrons. The van der Waals surface area contributed by atoms with Gasteiger partial charge in [-0.25, -0.2) is 4.39 Å². The lowest BCUT2D eigenvalue weighted by molar-refractivity contribution is 0.268. The van der Waals surface area contributed by atoms with Gasteiger partial charge in [0.25, 0.3) is 0 Å². The summed E-state index contributed by atoms with van der Waals surface area (Å²) < 4.78 is 13.6. The van der Waals surface area contributed by atoms with Crippen LogP contribution in [0.25, 0.3) is 0 Å². The number of hydrogen-bond acceptors (Lipinski definition) is 2. The van der Waals surface area contributed by atoms with Crippen molar-refractivity contribution in [3.63, 3.8) is 0 Å². The summed E-state index contributed by atoms with van der Waals surface area (Å²) in [5.41, 5.74) is 2.67. The lowest BCUT2D eigenvalue weighted by Gasteiger charge is -2.20. The monoisotopic (exact) mass is 264 g/mol. The highest BCUT2D eigenvalue weighted by Gasteiger charge is 2.23. The largest absolute Gasteiger partial charge is 0.309 e. The summed E-state index contributed by atoms with van der Waals surface area (Å²) in [6, 6.07) is 5.09. The van der Waals surface area contributed by atoms with Gasteiger partial charge in [-0.3, -0.25) is 4.90 Å². The summed E-state index contributed by atoms with van der Waals surface area (Å²) in [5.74, 6) is -0.0735. The van der Waals surface area contributed by atoms with E-state index in [9.17, 15) is 4.39 Å². The van der Waals surface area contributed by atoms with Crippen LogP contribution in [-0.4, -0.2) is 30.1 Å². The first-order chi connectivity index (χ1) is 8.97. The van der Waals surface area contributed by atoms with Crippen LogP contribution in [0, 0.1) is 19.7 Å². The van der Waals surface area contributed by atoms with E-state index in [4.69, 9.17) is 0 Å². The Labute approximate surface area is 116 Å². The molecule has 2 nitrogen and oxygen atoms in total. The Balaban J connectivity index is 1.90. The molecule has 0 spiro atoms. The smallest absolute Gasteiger partial charge is 0.129 e. The first-order valence-electron chi connectivity index (χ1n) is 7.20. The zero-order chi connectivity index (χ0) is 14.0. The summed E-state index contributed by atoms with van der Waals surface area (Å²) in [5, 5.41) is 3.59. The fourth-order valence-corrected chi connectivity index (χ4v) is 2.82. The van der Waals surface area contributed by atoms with Crippen molar-refractivity contribution in [2.45, 2.75) is 52.7 Å². The predicted octanol–water partition coefficient (Wildman–Crippen LogP) is 3.01. The maximum atomic E-state index is 13.6. The van der Waals surface area contributed by atoms with Gasteiger partial charge in [0.1, 0.15) is 5.82 Å². The van der Waals surface area contributed by atoms with Gasteiger partial charge in [0, 0.05) is 25.2 Å². The standard InChI is InChI=1S/C16H25FN2/c1-11(2)19-6-5-15(10-19)18-9-14-7-12(3)16(17)13(4)8-14/h7-8,11,15,18H,5-6,9-10H2,1-4H3. The lowest BCUT2D eigenvalue weighted by Crippen LogP contribution is -2.34. The first kappa shape index (κ1) is 14.5. The SMILES string of the molecule is Cc1cc(CNC2CCN(C(C)C)C2)cc(C)c1F. The van der Waals surface area contributed by atoms with E-state index in [0.29, 0.717) is 12.1 Å². The highest BCUT2D eigenvalue weighted by atomic mass is 19.1. The van der Waals surface area contributed by atoms with E-state index in [-0.39, 0.29) is 5.82 Å². The highest BCUT2D eigenvalue weighted by Crippen LogP contribution is 2.16. The van der Waals surface area contributed by atoms with Crippen LogP contribution in [0.4, 0.5) is 4.39 Å². The van der Waals surface area contributed by atoms with Crippen molar-refractivity contribution in [2.75, 3.05) is 13.1 Å². The molecular weight excluding hydrogens is 239 g/mol. The maximum absolute atomic E-state index is 13.6. The van der Waals surface area contributed by atoms with E-state index in [0.717, 1.165) is 24.2 Å². The molecule has 0 saturated carbocycles. The molecule has 1 aromatic carbocycles. The Morgan fingerprint density at radius 3 is 2.47 bits per heavy atom. The fourth-order valence-electron chi connectivity index (χ4n) is 2.82. The minimum Gasteiger partial charge on any atom is -0.309 e. The second-order valence-electron chi connectivity index (χ2n) is 6.00. The highest BCUT2D eigenvalue weighted by molar-refractivity contribution is 5.30. The lowest BCUT2D eigenvalue weighted by atomic mass is 10.1. The van der Waals surface area contributed by atoms with Gasteiger partial charge < -0.3 is 5.32 Å². The Morgan fingerprint density at radius 1 is 1.32 bits per heavy atom. The fraction of sp³-hybridized carbons (Fsp3) is 0.625. The van der Waals surface area contributed by atoms with Crippen molar-refractivity contribution < 1.29 is 4.39 Å². The number of nitrogens with zero attached hydrogens (tertiary/aromatic N) is 1. The van der Waals surface area contributed by atoms with Gasteiger partial charge in [-0.1, -0.05) is 12.1 Å². The number of halogens is 1. The molecule has 1 aromatic rings. The average Bonchev–Trinajstić information content (AvgIpc) is 2.82. The zero-order valence-corrected chi connectivity index (χ0v) is 12.5. The van der Waals surface area contributed by atoms with Crippen LogP contribution in [0.5, 0.6) is 0 Å². The van der Waals surface area contributed by atoms with Gasteiger partial charge in [0.05, 0.1) is 0 Å². The average molecular weight is 264 g/mol. The molecule has 1 N–H and O–H groups in total. The second kappa shape index (κ2) is 6.02. The summed E-state index contributed by atoms with van der Waals surface area (Å²) in [6.45, 7) is 11.3. The topological polar surface area (TPSA) is 15.3 Å². The van der Waals surface area contributed by atoms with Gasteiger partial charge >= 0.3 is 0 Å². The Kier molecular flexibility index (Phi) is 4.58. The number of rotatable bonds is 4. The van der Waals surface area contributed by atoms with Crippen LogP contribution in [0.3, 0.4) is 0 Å². The van der Waals surface area contributed by atoms with Gasteiger partial charge in [-0.2, -0.15) is 0 Å². The molecule has 0 bridgehead atoms. The number of benzene rings is 1. The van der Waals surface area contributed by atoms with Crippen LogP contribution < -0.4 is 5.32 Å². The molecule has 1 atom stereocenters. The minimum absolute atomic E-state index is 0.0735. The van der Waals surface area contributed by atoms with Gasteiger partial charge in [-0.15, -0.1) is 0 Å². The van der Waals surface area contributed by atoms with Gasteiger partial charge in [0.15, 0.2) is 0 Å². The van der Waals surface area contributed by atoms with Crippen LogP contribution >= 0.6 is 0 Å². The van der Waals surface area contributed by atoms with E-state index in [1.165, 1.54) is 18.5 Å². The molecule has 1 fully saturated rings. The van der Waals surface area contributed by atoms with Crippen LogP contribution in [0.1, 0.15) is 37.0 Å². The zero-order valence-electron chi connectivity index (χ0n) is 12.5. The van der Waals surface area contributed by atoms with Crippen molar-refractivity contribution in [3.8, 4) is 0 Å². The molecule has 1 aliphatic heterocycles. The van der Waals surface area contributed by atoms with Crippen LogP contribution in [-0.2, 0) is 6.54 Å². The van der Waals surface area contributed by atoms with Crippen molar-refractivity contribution in [3.05, 3.63) is 34.6 Å². The summed E-state index contributed by atoms with van der Waals surface area (Å²) in [6.07, 6.45) is 1.21. The molecule has 0 aliphatic carbocycles. The Morgan fingerprint density at radius 2 is 1.95 bits per heavy atom. The van der Waals surface area contributed by atoms with Crippen molar-refractivity contribution in [1.29, 1.82) is 0 Å².